The van der Waals surface area contributed by atoms with E-state index in [1.807, 2.05) is 12.1 Å². The summed E-state index contributed by atoms with van der Waals surface area (Å²) in [6, 6.07) is 11.5. The predicted octanol–water partition coefficient (Wildman–Crippen LogP) is 3.91. The van der Waals surface area contributed by atoms with Crippen LogP contribution in [0.2, 0.25) is 0 Å². The molecule has 1 nitrogen and oxygen atoms in total. The van der Waals surface area contributed by atoms with Crippen molar-refractivity contribution in [3.8, 4) is 5.75 Å². The van der Waals surface area contributed by atoms with Crippen LogP contribution in [0.25, 0.3) is 0 Å². The topological polar surface area (TPSA) is 20.2 Å². The SMILES string of the molecule is Cc1ccc(Sc2cccc(O)c2)s1. The number of phenolic OH excluding ortho intramolecular Hbond substituents is 1. The Hall–Kier alpha value is -0.930. The molecule has 14 heavy (non-hydrogen) atoms. The van der Waals surface area contributed by atoms with Gasteiger partial charge in [-0.2, -0.15) is 0 Å². The Labute approximate surface area is 91.4 Å². The minimum Gasteiger partial charge on any atom is -0.508 e. The van der Waals surface area contributed by atoms with E-state index in [0.717, 1.165) is 4.90 Å². The molecule has 0 unspecified atom stereocenters. The first-order valence-corrected chi connectivity index (χ1v) is 5.91. The Morgan fingerprint density at radius 1 is 1.21 bits per heavy atom. The van der Waals surface area contributed by atoms with Crippen LogP contribution in [0.3, 0.4) is 0 Å². The maximum atomic E-state index is 9.29. The molecule has 1 aromatic heterocycles. The summed E-state index contributed by atoms with van der Waals surface area (Å²) < 4.78 is 1.26. The van der Waals surface area contributed by atoms with Crippen LogP contribution in [0.5, 0.6) is 5.75 Å². The second-order valence-electron chi connectivity index (χ2n) is 2.96. The lowest BCUT2D eigenvalue weighted by molar-refractivity contribution is 0.474. The van der Waals surface area contributed by atoms with Gasteiger partial charge >= 0.3 is 0 Å². The first kappa shape index (κ1) is 9.62. The van der Waals surface area contributed by atoms with Crippen LogP contribution in [-0.2, 0) is 0 Å². The van der Waals surface area contributed by atoms with Crippen LogP contribution in [0.15, 0.2) is 45.5 Å². The summed E-state index contributed by atoms with van der Waals surface area (Å²) in [5.74, 6) is 0.322. The van der Waals surface area contributed by atoms with Gasteiger partial charge in [-0.25, -0.2) is 0 Å². The van der Waals surface area contributed by atoms with E-state index in [9.17, 15) is 5.11 Å². The standard InChI is InChI=1S/C11H10OS2/c1-8-5-6-11(13-8)14-10-4-2-3-9(12)7-10/h2-7,12H,1H3. The molecule has 0 aliphatic carbocycles. The fourth-order valence-corrected chi connectivity index (χ4v) is 3.26. The molecular weight excluding hydrogens is 212 g/mol. The van der Waals surface area contributed by atoms with Crippen molar-refractivity contribution < 1.29 is 5.11 Å². The van der Waals surface area contributed by atoms with Crippen LogP contribution in [0.4, 0.5) is 0 Å². The van der Waals surface area contributed by atoms with Crippen molar-refractivity contribution >= 4 is 23.1 Å². The summed E-state index contributed by atoms with van der Waals surface area (Å²) in [6.45, 7) is 2.09. The molecule has 0 saturated carbocycles. The highest BCUT2D eigenvalue weighted by Crippen LogP contribution is 2.34. The van der Waals surface area contributed by atoms with Gasteiger partial charge in [0.1, 0.15) is 5.75 Å². The van der Waals surface area contributed by atoms with E-state index in [4.69, 9.17) is 0 Å². The molecular formula is C11H10OS2. The number of benzene rings is 1. The van der Waals surface area contributed by atoms with E-state index in [-0.39, 0.29) is 0 Å². The van der Waals surface area contributed by atoms with E-state index < -0.39 is 0 Å². The Morgan fingerprint density at radius 3 is 2.71 bits per heavy atom. The average Bonchev–Trinajstić information content (AvgIpc) is 2.51. The Morgan fingerprint density at radius 2 is 2.07 bits per heavy atom. The number of hydrogen-bond donors (Lipinski definition) is 1. The largest absolute Gasteiger partial charge is 0.508 e. The zero-order chi connectivity index (χ0) is 9.97. The summed E-state index contributed by atoms with van der Waals surface area (Å²) in [6.07, 6.45) is 0. The third-order valence-corrected chi connectivity index (χ3v) is 3.87. The van der Waals surface area contributed by atoms with E-state index in [1.54, 1.807) is 35.2 Å². The normalized spacial score (nSPS) is 10.4. The summed E-state index contributed by atoms with van der Waals surface area (Å²) in [4.78, 5) is 2.39. The van der Waals surface area contributed by atoms with E-state index in [2.05, 4.69) is 19.1 Å². The van der Waals surface area contributed by atoms with Gasteiger partial charge in [0.05, 0.1) is 4.21 Å². The van der Waals surface area contributed by atoms with Crippen molar-refractivity contribution in [1.82, 2.24) is 0 Å². The summed E-state index contributed by atoms with van der Waals surface area (Å²) in [5.41, 5.74) is 0. The number of aryl methyl sites for hydroxylation is 1. The fourth-order valence-electron chi connectivity index (χ4n) is 1.13. The monoisotopic (exact) mass is 222 g/mol. The molecule has 1 aromatic carbocycles. The Balaban J connectivity index is 2.18. The minimum absolute atomic E-state index is 0.322. The number of thiophene rings is 1. The maximum Gasteiger partial charge on any atom is 0.116 e. The van der Waals surface area contributed by atoms with Gasteiger partial charge in [0, 0.05) is 9.77 Å². The van der Waals surface area contributed by atoms with Crippen molar-refractivity contribution in [2.24, 2.45) is 0 Å². The number of aromatic hydroxyl groups is 1. The molecule has 3 heteroatoms. The molecule has 1 N–H and O–H groups in total. The van der Waals surface area contributed by atoms with Crippen LogP contribution < -0.4 is 0 Å². The molecule has 2 rings (SSSR count). The van der Waals surface area contributed by atoms with Crippen molar-refractivity contribution in [1.29, 1.82) is 0 Å². The second-order valence-corrected chi connectivity index (χ2v) is 5.63. The highest BCUT2D eigenvalue weighted by molar-refractivity contribution is 8.01. The number of phenols is 1. The van der Waals surface area contributed by atoms with Gasteiger partial charge in [0.15, 0.2) is 0 Å². The fraction of sp³-hybridized carbons (Fsp3) is 0.0909. The Bertz CT molecular complexity index is 434. The highest BCUT2D eigenvalue weighted by Gasteiger charge is 2.00. The molecule has 0 spiro atoms. The average molecular weight is 222 g/mol. The smallest absolute Gasteiger partial charge is 0.116 e. The predicted molar refractivity (Wildman–Crippen MR) is 61.3 cm³/mol. The number of hydrogen-bond acceptors (Lipinski definition) is 3. The lowest BCUT2D eigenvalue weighted by Gasteiger charge is -1.98. The molecule has 2 aromatic rings. The summed E-state index contributed by atoms with van der Waals surface area (Å²) >= 11 is 3.45. The van der Waals surface area contributed by atoms with Crippen LogP contribution in [0.1, 0.15) is 4.88 Å². The van der Waals surface area contributed by atoms with Gasteiger partial charge in [-0.05, 0) is 37.3 Å². The van der Waals surface area contributed by atoms with Gasteiger partial charge in [0.2, 0.25) is 0 Å². The van der Waals surface area contributed by atoms with Gasteiger partial charge in [0.25, 0.3) is 0 Å². The van der Waals surface area contributed by atoms with Crippen LogP contribution >= 0.6 is 23.1 Å². The van der Waals surface area contributed by atoms with Gasteiger partial charge < -0.3 is 5.11 Å². The molecule has 1 heterocycles. The zero-order valence-electron chi connectivity index (χ0n) is 7.73. The van der Waals surface area contributed by atoms with Crippen molar-refractivity contribution in [3.05, 3.63) is 41.3 Å². The lowest BCUT2D eigenvalue weighted by Crippen LogP contribution is -1.68. The molecule has 0 atom stereocenters. The quantitative estimate of drug-likeness (QED) is 0.831. The third-order valence-electron chi connectivity index (χ3n) is 1.75. The van der Waals surface area contributed by atoms with E-state index in [1.165, 1.54) is 9.09 Å². The summed E-state index contributed by atoms with van der Waals surface area (Å²) in [5, 5.41) is 9.29. The maximum absolute atomic E-state index is 9.29. The first-order chi connectivity index (χ1) is 6.74. The van der Waals surface area contributed by atoms with E-state index >= 15 is 0 Å². The lowest BCUT2D eigenvalue weighted by atomic mass is 10.3. The zero-order valence-corrected chi connectivity index (χ0v) is 9.36. The molecule has 72 valence electrons. The van der Waals surface area contributed by atoms with Crippen LogP contribution in [-0.4, -0.2) is 5.11 Å². The van der Waals surface area contributed by atoms with Crippen LogP contribution in [0, 0.1) is 6.92 Å². The van der Waals surface area contributed by atoms with Gasteiger partial charge in [-0.15, -0.1) is 11.3 Å². The second kappa shape index (κ2) is 4.07. The molecule has 0 aliphatic heterocycles. The molecule has 0 amide bonds. The molecule has 0 aliphatic rings. The first-order valence-electron chi connectivity index (χ1n) is 4.27. The Kier molecular flexibility index (Phi) is 2.79. The highest BCUT2D eigenvalue weighted by atomic mass is 32.2. The number of rotatable bonds is 2. The van der Waals surface area contributed by atoms with Crippen molar-refractivity contribution in [2.75, 3.05) is 0 Å². The van der Waals surface area contributed by atoms with E-state index in [0.29, 0.717) is 5.75 Å². The third kappa shape index (κ3) is 2.30. The summed E-state index contributed by atoms with van der Waals surface area (Å²) in [7, 11) is 0. The molecule has 0 saturated heterocycles. The molecule has 0 radical (unpaired) electrons. The van der Waals surface area contributed by atoms with Gasteiger partial charge in [-0.3, -0.25) is 0 Å². The van der Waals surface area contributed by atoms with Gasteiger partial charge in [-0.1, -0.05) is 17.8 Å². The minimum atomic E-state index is 0.322. The van der Waals surface area contributed by atoms with Crippen molar-refractivity contribution in [3.63, 3.8) is 0 Å². The molecule has 0 bridgehead atoms. The van der Waals surface area contributed by atoms with Crippen molar-refractivity contribution in [2.45, 2.75) is 16.0 Å². The molecule has 0 fully saturated rings.